The molecule has 0 saturated carbocycles. The Morgan fingerprint density at radius 1 is 1.04 bits per heavy atom. The molecule has 2 N–H and O–H groups in total. The lowest BCUT2D eigenvalue weighted by molar-refractivity contribution is -0.870. The number of ether oxygens (including phenoxy) is 1. The van der Waals surface area contributed by atoms with Crippen LogP contribution in [0.4, 0.5) is 4.79 Å². The van der Waals surface area contributed by atoms with Crippen molar-refractivity contribution in [3.05, 3.63) is 0 Å². The summed E-state index contributed by atoms with van der Waals surface area (Å²) in [6.07, 6.45) is 8.76. The molecule has 0 aromatic heterocycles. The number of phosphoric ester groups is 1. The predicted octanol–water partition coefficient (Wildman–Crippen LogP) is 4.08. The number of nitrogens with one attached hydrogen (secondary N) is 1. The van der Waals surface area contributed by atoms with Crippen LogP contribution in [0.2, 0.25) is 0 Å². The van der Waals surface area contributed by atoms with E-state index in [2.05, 4.69) is 12.2 Å². The molecule has 0 spiro atoms. The molecular formula is C19H42N2O6P+. The lowest BCUT2D eigenvalue weighted by atomic mass is 10.1. The van der Waals surface area contributed by atoms with Gasteiger partial charge in [0.05, 0.1) is 27.7 Å². The highest BCUT2D eigenvalue weighted by atomic mass is 31.2. The van der Waals surface area contributed by atoms with E-state index in [0.717, 1.165) is 19.3 Å². The molecule has 0 aliphatic rings. The molecular weight excluding hydrogens is 383 g/mol. The summed E-state index contributed by atoms with van der Waals surface area (Å²) in [5.74, 6) is 0. The third-order valence-corrected chi connectivity index (χ3v) is 5.28. The van der Waals surface area contributed by atoms with Gasteiger partial charge in [-0.05, 0) is 12.8 Å². The van der Waals surface area contributed by atoms with Crippen molar-refractivity contribution in [3.8, 4) is 0 Å². The normalized spacial score (nSPS) is 15.1. The van der Waals surface area contributed by atoms with Crippen molar-refractivity contribution in [1.29, 1.82) is 0 Å². The molecule has 1 amide bonds. The fourth-order valence-corrected chi connectivity index (χ4v) is 3.28. The first-order valence-electron chi connectivity index (χ1n) is 10.4. The Kier molecular flexibility index (Phi) is 14.9. The highest BCUT2D eigenvalue weighted by molar-refractivity contribution is 7.47. The molecule has 0 aliphatic heterocycles. The number of rotatable bonds is 17. The van der Waals surface area contributed by atoms with Gasteiger partial charge in [0.15, 0.2) is 0 Å². The second-order valence-electron chi connectivity index (χ2n) is 8.15. The smallest absolute Gasteiger partial charge is 0.444 e. The maximum atomic E-state index is 12.0. The van der Waals surface area contributed by atoms with Gasteiger partial charge in [0.2, 0.25) is 0 Å². The van der Waals surface area contributed by atoms with E-state index in [4.69, 9.17) is 13.8 Å². The van der Waals surface area contributed by atoms with Crippen LogP contribution in [-0.2, 0) is 18.3 Å². The van der Waals surface area contributed by atoms with Crippen LogP contribution >= 0.6 is 7.82 Å². The summed E-state index contributed by atoms with van der Waals surface area (Å²) in [6, 6.07) is 0. The molecule has 2 atom stereocenters. The molecule has 0 aliphatic carbocycles. The quantitative estimate of drug-likeness (QED) is 0.207. The van der Waals surface area contributed by atoms with Gasteiger partial charge < -0.3 is 19.4 Å². The molecule has 0 radical (unpaired) electrons. The third kappa shape index (κ3) is 17.4. The summed E-state index contributed by atoms with van der Waals surface area (Å²) in [5.41, 5.74) is 0. The molecule has 28 heavy (non-hydrogen) atoms. The number of likely N-dealkylation sites (N-methyl/N-ethyl adjacent to an activating group) is 1. The van der Waals surface area contributed by atoms with Crippen LogP contribution in [0.1, 0.15) is 64.7 Å². The van der Waals surface area contributed by atoms with Crippen molar-refractivity contribution < 1.29 is 32.5 Å². The Hall–Kier alpha value is -0.660. The Morgan fingerprint density at radius 2 is 1.61 bits per heavy atom. The predicted molar refractivity (Wildman–Crippen MR) is 111 cm³/mol. The molecule has 9 heteroatoms. The maximum Gasteiger partial charge on any atom is 0.472 e. The number of carbonyl (C=O) groups is 1. The summed E-state index contributed by atoms with van der Waals surface area (Å²) < 4.78 is 27.9. The molecule has 8 nitrogen and oxygen atoms in total. The Morgan fingerprint density at radius 3 is 2.14 bits per heavy atom. The SMILES string of the molecule is CCCCCCCCCCC(COP(=O)(O)OCC[N+](C)(C)C)OC(=O)NC. The summed E-state index contributed by atoms with van der Waals surface area (Å²) in [7, 11) is 3.19. The van der Waals surface area contributed by atoms with Gasteiger partial charge in [-0.25, -0.2) is 9.36 Å². The number of alkyl carbamates (subject to hydrolysis) is 1. The van der Waals surface area contributed by atoms with Gasteiger partial charge in [-0.15, -0.1) is 0 Å². The fourth-order valence-electron chi connectivity index (χ4n) is 2.54. The zero-order chi connectivity index (χ0) is 21.5. The second kappa shape index (κ2) is 15.2. The van der Waals surface area contributed by atoms with Gasteiger partial charge in [0.25, 0.3) is 0 Å². The van der Waals surface area contributed by atoms with Crippen molar-refractivity contribution in [2.75, 3.05) is 47.9 Å². The van der Waals surface area contributed by atoms with E-state index < -0.39 is 20.0 Å². The van der Waals surface area contributed by atoms with Crippen LogP contribution in [-0.4, -0.2) is 69.5 Å². The number of phosphoric acid groups is 1. The van der Waals surface area contributed by atoms with Crippen LogP contribution in [0.5, 0.6) is 0 Å². The monoisotopic (exact) mass is 425 g/mol. The Balaban J connectivity index is 4.22. The first kappa shape index (κ1) is 27.3. The van der Waals surface area contributed by atoms with Crippen LogP contribution in [0.3, 0.4) is 0 Å². The molecule has 0 aromatic carbocycles. The largest absolute Gasteiger partial charge is 0.472 e. The standard InChI is InChI=1S/C19H41N2O6P/c1-6-7-8-9-10-11-12-13-14-18(27-19(22)20-2)17-26-28(23,24)25-16-15-21(3,4)5/h18H,6-17H2,1-5H3,(H-,20,22,23,24)/p+1. The fraction of sp³-hybridized carbons (Fsp3) is 0.947. The van der Waals surface area contributed by atoms with Crippen molar-refractivity contribution in [3.63, 3.8) is 0 Å². The average Bonchev–Trinajstić information content (AvgIpc) is 2.60. The van der Waals surface area contributed by atoms with Gasteiger partial charge in [0, 0.05) is 7.05 Å². The average molecular weight is 426 g/mol. The van der Waals surface area contributed by atoms with E-state index in [-0.39, 0.29) is 13.2 Å². The van der Waals surface area contributed by atoms with Gasteiger partial charge in [0.1, 0.15) is 19.3 Å². The molecule has 2 unspecified atom stereocenters. The van der Waals surface area contributed by atoms with E-state index in [0.29, 0.717) is 17.4 Å². The van der Waals surface area contributed by atoms with E-state index >= 15 is 0 Å². The van der Waals surface area contributed by atoms with Crippen molar-refractivity contribution >= 4 is 13.9 Å². The molecule has 0 heterocycles. The van der Waals surface area contributed by atoms with Crippen LogP contribution in [0.25, 0.3) is 0 Å². The van der Waals surface area contributed by atoms with Crippen molar-refractivity contribution in [2.45, 2.75) is 70.8 Å². The summed E-state index contributed by atoms with van der Waals surface area (Å²) in [5, 5.41) is 2.39. The van der Waals surface area contributed by atoms with Gasteiger partial charge in [-0.1, -0.05) is 51.9 Å². The minimum atomic E-state index is -4.17. The number of amides is 1. The summed E-state index contributed by atoms with van der Waals surface area (Å²) in [4.78, 5) is 21.3. The van der Waals surface area contributed by atoms with Crippen LogP contribution in [0, 0.1) is 0 Å². The lowest BCUT2D eigenvalue weighted by Crippen LogP contribution is -2.37. The molecule has 0 saturated heterocycles. The second-order valence-corrected chi connectivity index (χ2v) is 9.61. The van der Waals surface area contributed by atoms with Crippen LogP contribution in [0.15, 0.2) is 0 Å². The lowest BCUT2D eigenvalue weighted by Gasteiger charge is -2.24. The first-order valence-corrected chi connectivity index (χ1v) is 11.9. The van der Waals surface area contributed by atoms with E-state index in [1.54, 1.807) is 0 Å². The third-order valence-electron chi connectivity index (χ3n) is 4.30. The number of hydrogen-bond acceptors (Lipinski definition) is 5. The molecule has 0 bridgehead atoms. The number of nitrogens with zero attached hydrogens (tertiary/aromatic N) is 1. The zero-order valence-electron chi connectivity index (χ0n) is 18.4. The molecule has 0 rings (SSSR count). The first-order chi connectivity index (χ1) is 13.1. The van der Waals surface area contributed by atoms with Crippen LogP contribution < -0.4 is 5.32 Å². The maximum absolute atomic E-state index is 12.0. The molecule has 0 fully saturated rings. The van der Waals surface area contributed by atoms with Crippen molar-refractivity contribution in [1.82, 2.24) is 5.32 Å². The minimum absolute atomic E-state index is 0.107. The topological polar surface area (TPSA) is 94.1 Å². The van der Waals surface area contributed by atoms with Crippen molar-refractivity contribution in [2.24, 2.45) is 0 Å². The Labute approximate surface area is 171 Å². The number of hydrogen-bond donors (Lipinski definition) is 2. The summed E-state index contributed by atoms with van der Waals surface area (Å²) >= 11 is 0. The highest BCUT2D eigenvalue weighted by Gasteiger charge is 2.25. The van der Waals surface area contributed by atoms with E-state index in [1.807, 2.05) is 21.1 Å². The molecule has 168 valence electrons. The highest BCUT2D eigenvalue weighted by Crippen LogP contribution is 2.43. The van der Waals surface area contributed by atoms with E-state index in [9.17, 15) is 14.3 Å². The number of quaternary nitrogens is 1. The Bertz CT molecular complexity index is 456. The zero-order valence-corrected chi connectivity index (χ0v) is 19.3. The summed E-state index contributed by atoms with van der Waals surface area (Å²) in [6.45, 7) is 2.72. The minimum Gasteiger partial charge on any atom is -0.444 e. The van der Waals surface area contributed by atoms with Gasteiger partial charge in [-0.3, -0.25) is 9.05 Å². The van der Waals surface area contributed by atoms with Gasteiger partial charge >= 0.3 is 13.9 Å². The number of carbonyl (C=O) groups excluding carboxylic acids is 1. The van der Waals surface area contributed by atoms with Gasteiger partial charge in [-0.2, -0.15) is 0 Å². The number of unbranched alkanes of at least 4 members (excludes halogenated alkanes) is 7. The molecule has 0 aromatic rings. The van der Waals surface area contributed by atoms with E-state index in [1.165, 1.54) is 39.2 Å².